The van der Waals surface area contributed by atoms with Gasteiger partial charge >= 0.3 is 0 Å². The lowest BCUT2D eigenvalue weighted by molar-refractivity contribution is 0.0167. The molecule has 0 bridgehead atoms. The molecule has 0 spiro atoms. The maximum Gasteiger partial charge on any atom is 0.123 e. The van der Waals surface area contributed by atoms with Gasteiger partial charge in [0.25, 0.3) is 0 Å². The van der Waals surface area contributed by atoms with E-state index in [0.717, 1.165) is 49.6 Å². The fraction of sp³-hybridized carbons (Fsp3) is 0.647. The Balaban J connectivity index is 1.60. The van der Waals surface area contributed by atoms with E-state index in [1.165, 1.54) is 18.4 Å². The molecule has 2 aliphatic heterocycles. The van der Waals surface area contributed by atoms with Crippen LogP contribution in [-0.4, -0.2) is 32.5 Å². The fourth-order valence-corrected chi connectivity index (χ4v) is 3.15. The summed E-state index contributed by atoms with van der Waals surface area (Å²) in [7, 11) is 1.73. The highest BCUT2D eigenvalue weighted by Gasteiger charge is 2.21. The molecule has 0 aromatic heterocycles. The van der Waals surface area contributed by atoms with Gasteiger partial charge in [-0.1, -0.05) is 0 Å². The first-order valence-electron chi connectivity index (χ1n) is 7.95. The summed E-state index contributed by atoms with van der Waals surface area (Å²) in [5.74, 6) is 1.96. The Kier molecular flexibility index (Phi) is 4.66. The van der Waals surface area contributed by atoms with Crippen LogP contribution in [0.1, 0.15) is 37.3 Å². The summed E-state index contributed by atoms with van der Waals surface area (Å²) in [4.78, 5) is 0. The molecule has 2 atom stereocenters. The van der Waals surface area contributed by atoms with Crippen LogP contribution in [0.3, 0.4) is 0 Å². The predicted molar refractivity (Wildman–Crippen MR) is 82.1 cm³/mol. The van der Waals surface area contributed by atoms with E-state index in [-0.39, 0.29) is 6.10 Å². The van der Waals surface area contributed by atoms with Crippen molar-refractivity contribution >= 4 is 0 Å². The molecule has 0 amide bonds. The first-order valence-corrected chi connectivity index (χ1v) is 7.95. The van der Waals surface area contributed by atoms with E-state index in [4.69, 9.17) is 14.2 Å². The molecule has 1 saturated heterocycles. The van der Waals surface area contributed by atoms with Crippen molar-refractivity contribution in [3.05, 3.63) is 23.3 Å². The zero-order valence-electron chi connectivity index (χ0n) is 13.0. The topological polar surface area (TPSA) is 39.7 Å². The van der Waals surface area contributed by atoms with Gasteiger partial charge in [0.15, 0.2) is 0 Å². The minimum Gasteiger partial charge on any atom is -0.496 e. The molecule has 2 heterocycles. The number of fused-ring (bicyclic) bond motifs is 1. The van der Waals surface area contributed by atoms with Gasteiger partial charge in [-0.25, -0.2) is 0 Å². The number of hydrogen-bond donors (Lipinski definition) is 1. The molecule has 1 fully saturated rings. The average Bonchev–Trinajstić information content (AvgIpc) is 2.86. The number of methoxy groups -OCH3 is 1. The maximum atomic E-state index is 5.84. The van der Waals surface area contributed by atoms with Gasteiger partial charge in [-0.3, -0.25) is 0 Å². The summed E-state index contributed by atoms with van der Waals surface area (Å²) < 4.78 is 17.1. The van der Waals surface area contributed by atoms with Crippen molar-refractivity contribution in [1.29, 1.82) is 0 Å². The minimum atomic E-state index is 0.267. The van der Waals surface area contributed by atoms with E-state index in [1.807, 2.05) is 0 Å². The number of rotatable bonds is 5. The van der Waals surface area contributed by atoms with E-state index in [0.29, 0.717) is 6.10 Å². The van der Waals surface area contributed by atoms with Gasteiger partial charge in [-0.05, 0) is 38.3 Å². The molecule has 0 radical (unpaired) electrons. The minimum absolute atomic E-state index is 0.267. The highest BCUT2D eigenvalue weighted by molar-refractivity contribution is 5.48. The molecular formula is C17H25NO3. The van der Waals surface area contributed by atoms with Gasteiger partial charge in [0, 0.05) is 37.2 Å². The molecule has 0 aliphatic carbocycles. The van der Waals surface area contributed by atoms with E-state index in [2.05, 4.69) is 24.4 Å². The summed E-state index contributed by atoms with van der Waals surface area (Å²) in [6.07, 6.45) is 5.23. The molecule has 0 saturated carbocycles. The second kappa shape index (κ2) is 6.67. The molecular weight excluding hydrogens is 266 g/mol. The highest BCUT2D eigenvalue weighted by atomic mass is 16.5. The van der Waals surface area contributed by atoms with Crippen molar-refractivity contribution in [2.24, 2.45) is 0 Å². The number of nitrogens with one attached hydrogen (secondary N) is 1. The quantitative estimate of drug-likeness (QED) is 0.905. The summed E-state index contributed by atoms with van der Waals surface area (Å²) in [5, 5.41) is 3.49. The summed E-state index contributed by atoms with van der Waals surface area (Å²) in [6.45, 7) is 4.69. The third-order valence-electron chi connectivity index (χ3n) is 4.26. The predicted octanol–water partition coefficient (Wildman–Crippen LogP) is 2.68. The van der Waals surface area contributed by atoms with Gasteiger partial charge in [-0.2, -0.15) is 0 Å². The van der Waals surface area contributed by atoms with Crippen molar-refractivity contribution in [2.75, 3.05) is 20.3 Å². The van der Waals surface area contributed by atoms with Crippen molar-refractivity contribution in [3.63, 3.8) is 0 Å². The van der Waals surface area contributed by atoms with Crippen LogP contribution in [0.15, 0.2) is 12.1 Å². The van der Waals surface area contributed by atoms with Crippen molar-refractivity contribution in [1.82, 2.24) is 5.32 Å². The van der Waals surface area contributed by atoms with Crippen molar-refractivity contribution in [3.8, 4) is 11.5 Å². The van der Waals surface area contributed by atoms with Gasteiger partial charge in [-0.15, -0.1) is 0 Å². The number of benzene rings is 1. The molecule has 1 aromatic rings. The normalized spacial score (nSPS) is 24.5. The van der Waals surface area contributed by atoms with E-state index in [9.17, 15) is 0 Å². The van der Waals surface area contributed by atoms with Crippen LogP contribution in [0.25, 0.3) is 0 Å². The molecule has 3 rings (SSSR count). The lowest BCUT2D eigenvalue weighted by atomic mass is 10.1. The molecule has 116 valence electrons. The van der Waals surface area contributed by atoms with Crippen LogP contribution in [0, 0.1) is 0 Å². The molecule has 4 nitrogen and oxygen atoms in total. The first-order chi connectivity index (χ1) is 10.3. The molecule has 4 heteroatoms. The first kappa shape index (κ1) is 14.7. The third-order valence-corrected chi connectivity index (χ3v) is 4.26. The summed E-state index contributed by atoms with van der Waals surface area (Å²) in [5.41, 5.74) is 2.40. The van der Waals surface area contributed by atoms with Gasteiger partial charge in [0.2, 0.25) is 0 Å². The zero-order valence-corrected chi connectivity index (χ0v) is 13.0. The molecule has 1 N–H and O–H groups in total. The van der Waals surface area contributed by atoms with Crippen molar-refractivity contribution < 1.29 is 14.2 Å². The second-order valence-electron chi connectivity index (χ2n) is 6.02. The summed E-state index contributed by atoms with van der Waals surface area (Å²) in [6, 6.07) is 4.24. The number of hydrogen-bond acceptors (Lipinski definition) is 4. The zero-order chi connectivity index (χ0) is 14.7. The average molecular weight is 291 g/mol. The monoisotopic (exact) mass is 291 g/mol. The number of ether oxygens (including phenoxy) is 3. The Morgan fingerprint density at radius 3 is 3.00 bits per heavy atom. The van der Waals surface area contributed by atoms with Gasteiger partial charge in [0.05, 0.1) is 13.2 Å². The Morgan fingerprint density at radius 1 is 1.33 bits per heavy atom. The van der Waals surface area contributed by atoms with Crippen LogP contribution in [0.5, 0.6) is 11.5 Å². The van der Waals surface area contributed by atoms with E-state index >= 15 is 0 Å². The lowest BCUT2D eigenvalue weighted by Crippen LogP contribution is -2.31. The molecule has 2 unspecified atom stereocenters. The Bertz CT molecular complexity index is 483. The van der Waals surface area contributed by atoms with E-state index < -0.39 is 0 Å². The fourth-order valence-electron chi connectivity index (χ4n) is 3.15. The maximum absolute atomic E-state index is 5.84. The molecule has 1 aromatic carbocycles. The van der Waals surface area contributed by atoms with Gasteiger partial charge in [0.1, 0.15) is 17.6 Å². The van der Waals surface area contributed by atoms with Crippen molar-refractivity contribution in [2.45, 2.75) is 51.4 Å². The van der Waals surface area contributed by atoms with Crippen LogP contribution in [0.4, 0.5) is 0 Å². The Hall–Kier alpha value is -1.26. The summed E-state index contributed by atoms with van der Waals surface area (Å²) >= 11 is 0. The molecule has 21 heavy (non-hydrogen) atoms. The largest absolute Gasteiger partial charge is 0.496 e. The highest BCUT2D eigenvalue weighted by Crippen LogP contribution is 2.34. The van der Waals surface area contributed by atoms with Gasteiger partial charge < -0.3 is 19.5 Å². The smallest absolute Gasteiger partial charge is 0.123 e. The standard InChI is InChI=1S/C17H25NO3/c1-12-7-13-8-16(19-2)14(9-17(13)21-12)10-18-11-15-5-3-4-6-20-15/h8-9,12,15,18H,3-7,10-11H2,1-2H3. The van der Waals surface area contributed by atoms with Crippen LogP contribution in [0.2, 0.25) is 0 Å². The SMILES string of the molecule is COc1cc2c(cc1CNCC1CCCCO1)OC(C)C2. The van der Waals surface area contributed by atoms with E-state index in [1.54, 1.807) is 7.11 Å². The second-order valence-corrected chi connectivity index (χ2v) is 6.02. The Labute approximate surface area is 126 Å². The Morgan fingerprint density at radius 2 is 2.24 bits per heavy atom. The van der Waals surface area contributed by atoms with Crippen LogP contribution >= 0.6 is 0 Å². The third kappa shape index (κ3) is 3.50. The van der Waals surface area contributed by atoms with Crippen LogP contribution < -0.4 is 14.8 Å². The molecule has 2 aliphatic rings. The van der Waals surface area contributed by atoms with Crippen LogP contribution in [-0.2, 0) is 17.7 Å². The lowest BCUT2D eigenvalue weighted by Gasteiger charge is -2.23.